The fourth-order valence-electron chi connectivity index (χ4n) is 5.35. The molecule has 33 heavy (non-hydrogen) atoms. The van der Waals surface area contributed by atoms with E-state index in [2.05, 4.69) is 50.7 Å². The van der Waals surface area contributed by atoms with E-state index >= 15 is 0 Å². The number of rotatable bonds is 5. The molecule has 0 bridgehead atoms. The summed E-state index contributed by atoms with van der Waals surface area (Å²) in [5.41, 5.74) is 3.96. The quantitative estimate of drug-likeness (QED) is 0.546. The van der Waals surface area contributed by atoms with Crippen LogP contribution in [-0.2, 0) is 16.6 Å². The molecular formula is C26H34N4O3. The summed E-state index contributed by atoms with van der Waals surface area (Å²) in [4.78, 5) is 11.8. The van der Waals surface area contributed by atoms with Gasteiger partial charge < -0.3 is 9.47 Å². The summed E-state index contributed by atoms with van der Waals surface area (Å²) >= 11 is 0. The lowest BCUT2D eigenvalue weighted by Crippen LogP contribution is -2.35. The minimum absolute atomic E-state index is 0.0262. The molecule has 3 atom stereocenters. The third kappa shape index (κ3) is 4.31. The van der Waals surface area contributed by atoms with Gasteiger partial charge in [0.15, 0.2) is 0 Å². The average molecular weight is 451 g/mol. The number of ether oxygens (including phenoxy) is 2. The Kier molecular flexibility index (Phi) is 5.55. The van der Waals surface area contributed by atoms with Crippen LogP contribution in [0.25, 0.3) is 22.0 Å². The molecule has 7 nitrogen and oxygen atoms in total. The Morgan fingerprint density at radius 3 is 2.79 bits per heavy atom. The van der Waals surface area contributed by atoms with Gasteiger partial charge in [0.25, 0.3) is 0 Å². The molecule has 2 aromatic heterocycles. The van der Waals surface area contributed by atoms with Gasteiger partial charge in [-0.2, -0.15) is 10.2 Å². The number of nitrogens with zero attached hydrogens (tertiary/aromatic N) is 4. The second-order valence-electron chi connectivity index (χ2n) is 10.4. The minimum atomic E-state index is -0.127. The monoisotopic (exact) mass is 450 g/mol. The molecule has 1 aliphatic carbocycles. The number of Topliss-reactive ketones (excluding diaryl/α,β-unsaturated/α-hetero) is 1. The van der Waals surface area contributed by atoms with Gasteiger partial charge in [-0.3, -0.25) is 14.2 Å². The van der Waals surface area contributed by atoms with Crippen LogP contribution in [0.4, 0.5) is 0 Å². The molecule has 1 aromatic carbocycles. The molecule has 176 valence electrons. The third-order valence-electron chi connectivity index (χ3n) is 7.43. The van der Waals surface area contributed by atoms with E-state index < -0.39 is 0 Å². The minimum Gasteiger partial charge on any atom is -0.490 e. The van der Waals surface area contributed by atoms with Crippen molar-refractivity contribution in [1.29, 1.82) is 0 Å². The van der Waals surface area contributed by atoms with E-state index in [1.807, 2.05) is 17.9 Å². The first-order chi connectivity index (χ1) is 15.7. The Labute approximate surface area is 195 Å². The van der Waals surface area contributed by atoms with E-state index in [0.717, 1.165) is 59.3 Å². The van der Waals surface area contributed by atoms with Gasteiger partial charge in [0, 0.05) is 49.9 Å². The summed E-state index contributed by atoms with van der Waals surface area (Å²) in [5.74, 6) is 1.45. The highest BCUT2D eigenvalue weighted by atomic mass is 16.5. The maximum absolute atomic E-state index is 11.8. The summed E-state index contributed by atoms with van der Waals surface area (Å²) in [6.07, 6.45) is 8.14. The number of carbonyl (C=O) groups excluding carboxylic acids is 1. The first kappa shape index (κ1) is 22.1. The smallest absolute Gasteiger partial charge is 0.133 e. The number of ketones is 1. The van der Waals surface area contributed by atoms with Gasteiger partial charge in [-0.25, -0.2) is 0 Å². The van der Waals surface area contributed by atoms with Crippen LogP contribution in [0.15, 0.2) is 24.5 Å². The van der Waals surface area contributed by atoms with Crippen LogP contribution in [0.3, 0.4) is 0 Å². The lowest BCUT2D eigenvalue weighted by Gasteiger charge is -2.35. The van der Waals surface area contributed by atoms with Crippen molar-refractivity contribution in [3.63, 3.8) is 0 Å². The van der Waals surface area contributed by atoms with Gasteiger partial charge in [0.2, 0.25) is 0 Å². The number of aromatic nitrogens is 4. The standard InChI is InChI=1S/C26H34N4O3/c1-16-25-23(28-29(16)5)11-19(12-24(25)33-17(2)18-6-7-22(31)10-18)20-14-27-30(15-20)21-8-9-32-26(3,4)13-21/h11-12,14-15,17-18,21H,6-10,13H2,1-5H3/t17-,18-,21-/m1/s1. The predicted molar refractivity (Wildman–Crippen MR) is 127 cm³/mol. The molecule has 3 heterocycles. The maximum atomic E-state index is 11.8. The Balaban J connectivity index is 1.48. The van der Waals surface area contributed by atoms with Crippen molar-refractivity contribution in [2.75, 3.05) is 6.61 Å². The molecule has 0 unspecified atom stereocenters. The molecular weight excluding hydrogens is 416 g/mol. The van der Waals surface area contributed by atoms with Crippen molar-refractivity contribution in [2.24, 2.45) is 13.0 Å². The summed E-state index contributed by atoms with van der Waals surface area (Å²) in [6.45, 7) is 9.19. The van der Waals surface area contributed by atoms with E-state index in [9.17, 15) is 4.79 Å². The molecule has 3 aromatic rings. The van der Waals surface area contributed by atoms with Crippen molar-refractivity contribution >= 4 is 16.7 Å². The van der Waals surface area contributed by atoms with Crippen LogP contribution < -0.4 is 4.74 Å². The van der Waals surface area contributed by atoms with Gasteiger partial charge in [-0.15, -0.1) is 0 Å². The van der Waals surface area contributed by atoms with Crippen molar-refractivity contribution in [3.05, 3.63) is 30.2 Å². The Bertz CT molecular complexity index is 1190. The summed E-state index contributed by atoms with van der Waals surface area (Å²) in [7, 11) is 1.96. The van der Waals surface area contributed by atoms with Crippen LogP contribution in [0.2, 0.25) is 0 Å². The highest BCUT2D eigenvalue weighted by molar-refractivity contribution is 5.92. The number of hydrogen-bond acceptors (Lipinski definition) is 5. The largest absolute Gasteiger partial charge is 0.490 e. The molecule has 0 spiro atoms. The number of hydrogen-bond donors (Lipinski definition) is 0. The zero-order chi connectivity index (χ0) is 23.3. The van der Waals surface area contributed by atoms with Crippen molar-refractivity contribution in [2.45, 2.75) is 77.5 Å². The van der Waals surface area contributed by atoms with Gasteiger partial charge in [0.1, 0.15) is 11.5 Å². The lowest BCUT2D eigenvalue weighted by molar-refractivity contribution is -0.117. The number of benzene rings is 1. The lowest BCUT2D eigenvalue weighted by atomic mass is 9.94. The molecule has 7 heteroatoms. The van der Waals surface area contributed by atoms with Gasteiger partial charge in [-0.1, -0.05) is 0 Å². The topological polar surface area (TPSA) is 71.2 Å². The first-order valence-electron chi connectivity index (χ1n) is 12.0. The molecule has 0 N–H and O–H groups in total. The van der Waals surface area contributed by atoms with Crippen LogP contribution in [-0.4, -0.2) is 43.7 Å². The fourth-order valence-corrected chi connectivity index (χ4v) is 5.35. The molecule has 2 aliphatic rings. The highest BCUT2D eigenvalue weighted by Crippen LogP contribution is 2.38. The maximum Gasteiger partial charge on any atom is 0.133 e. The van der Waals surface area contributed by atoms with E-state index in [-0.39, 0.29) is 17.6 Å². The van der Waals surface area contributed by atoms with Gasteiger partial charge >= 0.3 is 0 Å². The van der Waals surface area contributed by atoms with E-state index in [4.69, 9.17) is 19.7 Å². The number of carbonyl (C=O) groups is 1. The van der Waals surface area contributed by atoms with Crippen LogP contribution >= 0.6 is 0 Å². The molecule has 0 amide bonds. The Hall–Kier alpha value is -2.67. The molecule has 1 saturated carbocycles. The summed E-state index contributed by atoms with van der Waals surface area (Å²) in [6, 6.07) is 4.56. The van der Waals surface area contributed by atoms with Gasteiger partial charge in [0.05, 0.1) is 34.8 Å². The fraction of sp³-hybridized carbons (Fsp3) is 0.577. The highest BCUT2D eigenvalue weighted by Gasteiger charge is 2.31. The van der Waals surface area contributed by atoms with Crippen molar-refractivity contribution in [3.8, 4) is 16.9 Å². The summed E-state index contributed by atoms with van der Waals surface area (Å²) < 4.78 is 16.4. The molecule has 0 radical (unpaired) electrons. The van der Waals surface area contributed by atoms with Crippen molar-refractivity contribution < 1.29 is 14.3 Å². The van der Waals surface area contributed by atoms with E-state index in [1.165, 1.54) is 0 Å². The van der Waals surface area contributed by atoms with Crippen LogP contribution in [0.1, 0.15) is 64.6 Å². The number of fused-ring (bicyclic) bond motifs is 1. The number of aryl methyl sites for hydroxylation is 2. The molecule has 1 aliphatic heterocycles. The summed E-state index contributed by atoms with van der Waals surface area (Å²) in [5, 5.41) is 10.5. The second kappa shape index (κ2) is 8.28. The predicted octanol–water partition coefficient (Wildman–Crippen LogP) is 5.01. The third-order valence-corrected chi connectivity index (χ3v) is 7.43. The van der Waals surface area contributed by atoms with E-state index in [1.54, 1.807) is 0 Å². The van der Waals surface area contributed by atoms with Crippen molar-refractivity contribution in [1.82, 2.24) is 19.6 Å². The molecule has 5 rings (SSSR count). The second-order valence-corrected chi connectivity index (χ2v) is 10.4. The molecule has 1 saturated heterocycles. The molecule has 2 fully saturated rings. The normalized spacial score (nSPS) is 23.8. The van der Waals surface area contributed by atoms with Crippen LogP contribution in [0.5, 0.6) is 5.75 Å². The van der Waals surface area contributed by atoms with Crippen LogP contribution in [0, 0.1) is 12.8 Å². The Morgan fingerprint density at radius 2 is 2.06 bits per heavy atom. The first-order valence-corrected chi connectivity index (χ1v) is 12.0. The zero-order valence-electron chi connectivity index (χ0n) is 20.3. The zero-order valence-corrected chi connectivity index (χ0v) is 20.3. The van der Waals surface area contributed by atoms with Gasteiger partial charge in [-0.05, 0) is 64.7 Å². The van der Waals surface area contributed by atoms with E-state index in [0.29, 0.717) is 24.7 Å². The average Bonchev–Trinajstić information content (AvgIpc) is 3.47. The Morgan fingerprint density at radius 1 is 1.24 bits per heavy atom. The SMILES string of the molecule is Cc1c2c(O[C@H](C)[C@@H]3CCC(=O)C3)cc(-c3cnn([C@@H]4CCOC(C)(C)C4)c3)cc2nn1C.